The summed E-state index contributed by atoms with van der Waals surface area (Å²) in [4.78, 5) is 10.6. The van der Waals surface area contributed by atoms with Crippen LogP contribution in [0.3, 0.4) is 0 Å². The SMILES string of the molecule is CCOC(=O)C=C(F)C(F)(F)C(F)(F)C(F)(F)C(F)(F)C(F)(F)F. The molecule has 0 rings (SSSR count). The van der Waals surface area contributed by atoms with E-state index in [0.717, 1.165) is 6.92 Å². The van der Waals surface area contributed by atoms with Gasteiger partial charge in [-0.05, 0) is 6.92 Å². The molecule has 0 unspecified atom stereocenters. The summed E-state index contributed by atoms with van der Waals surface area (Å²) in [6.07, 6.45) is -8.43. The van der Waals surface area contributed by atoms with Crippen molar-refractivity contribution in [2.45, 2.75) is 36.8 Å². The fraction of sp³-hybridized carbons (Fsp3) is 0.700. The van der Waals surface area contributed by atoms with Crippen LogP contribution in [0.1, 0.15) is 6.92 Å². The van der Waals surface area contributed by atoms with Crippen molar-refractivity contribution in [2.75, 3.05) is 6.61 Å². The van der Waals surface area contributed by atoms with E-state index in [2.05, 4.69) is 4.74 Å². The highest BCUT2D eigenvalue weighted by molar-refractivity contribution is 5.82. The second-order valence-corrected chi connectivity index (χ2v) is 4.04. The smallest absolute Gasteiger partial charge is 0.460 e. The van der Waals surface area contributed by atoms with Gasteiger partial charge in [-0.15, -0.1) is 0 Å². The van der Waals surface area contributed by atoms with Crippen LogP contribution < -0.4 is 0 Å². The maximum atomic E-state index is 13.0. The Labute approximate surface area is 125 Å². The predicted octanol–water partition coefficient (Wildman–Crippen LogP) is 4.51. The lowest BCUT2D eigenvalue weighted by Gasteiger charge is -2.36. The quantitative estimate of drug-likeness (QED) is 0.382. The van der Waals surface area contributed by atoms with Crippen LogP contribution in [0.2, 0.25) is 0 Å². The number of carbonyl (C=O) groups is 1. The molecule has 2 nitrogen and oxygen atoms in total. The average molecular weight is 386 g/mol. The summed E-state index contributed by atoms with van der Waals surface area (Å²) in [5, 5.41) is 0. The monoisotopic (exact) mass is 386 g/mol. The van der Waals surface area contributed by atoms with Crippen LogP contribution in [0.4, 0.5) is 52.7 Å². The van der Waals surface area contributed by atoms with Crippen LogP contribution in [0.15, 0.2) is 11.9 Å². The molecule has 0 aliphatic rings. The van der Waals surface area contributed by atoms with E-state index in [-0.39, 0.29) is 0 Å². The van der Waals surface area contributed by atoms with Gasteiger partial charge in [0.25, 0.3) is 0 Å². The predicted molar refractivity (Wildman–Crippen MR) is 51.7 cm³/mol. The van der Waals surface area contributed by atoms with Crippen molar-refractivity contribution in [3.8, 4) is 0 Å². The van der Waals surface area contributed by atoms with Gasteiger partial charge in [-0.1, -0.05) is 0 Å². The molecule has 0 aromatic rings. The Morgan fingerprint density at radius 3 is 1.58 bits per heavy atom. The summed E-state index contributed by atoms with van der Waals surface area (Å²) >= 11 is 0. The van der Waals surface area contributed by atoms with E-state index in [1.54, 1.807) is 0 Å². The normalized spacial score (nSPS) is 15.5. The Morgan fingerprint density at radius 2 is 1.25 bits per heavy atom. The zero-order valence-corrected chi connectivity index (χ0v) is 11.1. The van der Waals surface area contributed by atoms with Gasteiger partial charge in [-0.25, -0.2) is 9.18 Å². The molecule has 0 radical (unpaired) electrons. The molecule has 0 saturated carbocycles. The number of rotatable bonds is 6. The Morgan fingerprint density at radius 1 is 0.833 bits per heavy atom. The highest BCUT2D eigenvalue weighted by Gasteiger charge is 2.87. The van der Waals surface area contributed by atoms with Gasteiger partial charge >= 0.3 is 35.8 Å². The molecule has 0 aromatic heterocycles. The molecular weight excluding hydrogens is 380 g/mol. The van der Waals surface area contributed by atoms with Crippen molar-refractivity contribution in [3.05, 3.63) is 11.9 Å². The number of alkyl halides is 11. The molecule has 0 aromatic carbocycles. The Kier molecular flexibility index (Phi) is 5.92. The first-order valence-corrected chi connectivity index (χ1v) is 5.50. The van der Waals surface area contributed by atoms with Crippen LogP contribution in [0.5, 0.6) is 0 Å². The highest BCUT2D eigenvalue weighted by atomic mass is 19.4. The molecule has 0 saturated heterocycles. The molecule has 142 valence electrons. The van der Waals surface area contributed by atoms with E-state index in [1.807, 2.05) is 0 Å². The number of hydrogen-bond acceptors (Lipinski definition) is 2. The summed E-state index contributed by atoms with van der Waals surface area (Å²) in [7, 11) is 0. The number of allylic oxidation sites excluding steroid dienone is 1. The standard InChI is InChI=1S/C10H6F12O2/c1-2-24-5(23)3-4(11)6(12,13)7(14,15)8(16,17)9(18,19)10(20,21)22/h3H,2H2,1H3. The summed E-state index contributed by atoms with van der Waals surface area (Å²) < 4.78 is 155. The van der Waals surface area contributed by atoms with Crippen molar-refractivity contribution in [1.82, 2.24) is 0 Å². The molecule has 0 amide bonds. The lowest BCUT2D eigenvalue weighted by Crippen LogP contribution is -2.66. The molecule has 0 spiro atoms. The van der Waals surface area contributed by atoms with E-state index in [9.17, 15) is 57.5 Å². The number of halogens is 12. The van der Waals surface area contributed by atoms with Crippen LogP contribution in [-0.4, -0.2) is 42.4 Å². The molecule has 0 fully saturated rings. The van der Waals surface area contributed by atoms with Gasteiger partial charge in [0.2, 0.25) is 0 Å². The summed E-state index contributed by atoms with van der Waals surface area (Å²) in [6.45, 7) is 0.432. The second-order valence-electron chi connectivity index (χ2n) is 4.04. The molecular formula is C10H6F12O2. The lowest BCUT2D eigenvalue weighted by atomic mass is 9.97. The van der Waals surface area contributed by atoms with E-state index in [0.29, 0.717) is 0 Å². The topological polar surface area (TPSA) is 26.3 Å². The minimum absolute atomic E-state index is 0.604. The van der Waals surface area contributed by atoms with E-state index in [1.165, 1.54) is 0 Å². The van der Waals surface area contributed by atoms with Crippen molar-refractivity contribution in [3.63, 3.8) is 0 Å². The third kappa shape index (κ3) is 3.41. The Bertz CT molecular complexity index is 504. The maximum Gasteiger partial charge on any atom is 0.460 e. The van der Waals surface area contributed by atoms with Crippen molar-refractivity contribution in [1.29, 1.82) is 0 Å². The van der Waals surface area contributed by atoms with Crippen LogP contribution in [0.25, 0.3) is 0 Å². The first-order chi connectivity index (χ1) is 10.4. The summed E-state index contributed by atoms with van der Waals surface area (Å²) in [6, 6.07) is 0. The number of hydrogen-bond donors (Lipinski definition) is 0. The fourth-order valence-corrected chi connectivity index (χ4v) is 1.10. The fourth-order valence-electron chi connectivity index (χ4n) is 1.10. The highest BCUT2D eigenvalue weighted by Crippen LogP contribution is 2.58. The number of carbonyl (C=O) groups excluding carboxylic acids is 1. The first-order valence-electron chi connectivity index (χ1n) is 5.50. The number of esters is 1. The molecule has 24 heavy (non-hydrogen) atoms. The third-order valence-corrected chi connectivity index (χ3v) is 2.37. The molecule has 14 heteroatoms. The Hall–Kier alpha value is -1.63. The summed E-state index contributed by atoms with van der Waals surface area (Å²) in [5.41, 5.74) is 0. The van der Waals surface area contributed by atoms with E-state index in [4.69, 9.17) is 0 Å². The van der Waals surface area contributed by atoms with Crippen molar-refractivity contribution in [2.24, 2.45) is 0 Å². The molecule has 0 aliphatic heterocycles. The van der Waals surface area contributed by atoms with Gasteiger partial charge in [-0.3, -0.25) is 0 Å². The molecule has 0 atom stereocenters. The van der Waals surface area contributed by atoms with Crippen molar-refractivity contribution >= 4 is 5.97 Å². The maximum absolute atomic E-state index is 13.0. The van der Waals surface area contributed by atoms with Crippen LogP contribution >= 0.6 is 0 Å². The summed E-state index contributed by atoms with van der Waals surface area (Å²) in [5.74, 6) is -35.6. The Balaban J connectivity index is 6.07. The zero-order valence-electron chi connectivity index (χ0n) is 11.1. The zero-order chi connectivity index (χ0) is 19.8. The van der Waals surface area contributed by atoms with Crippen LogP contribution in [-0.2, 0) is 9.53 Å². The van der Waals surface area contributed by atoms with Gasteiger partial charge in [0.05, 0.1) is 12.7 Å². The van der Waals surface area contributed by atoms with Gasteiger partial charge in [-0.2, -0.15) is 48.3 Å². The number of ether oxygens (including phenoxy) is 1. The van der Waals surface area contributed by atoms with Gasteiger partial charge in [0.1, 0.15) is 0 Å². The van der Waals surface area contributed by atoms with Gasteiger partial charge < -0.3 is 4.74 Å². The molecule has 0 N–H and O–H groups in total. The van der Waals surface area contributed by atoms with Gasteiger partial charge in [0, 0.05) is 0 Å². The molecule has 0 bridgehead atoms. The van der Waals surface area contributed by atoms with E-state index >= 15 is 0 Å². The molecule has 0 heterocycles. The average Bonchev–Trinajstić information content (AvgIpc) is 2.36. The minimum atomic E-state index is -7.75. The third-order valence-electron chi connectivity index (χ3n) is 2.37. The minimum Gasteiger partial charge on any atom is -0.463 e. The lowest BCUT2D eigenvalue weighted by molar-refractivity contribution is -0.419. The van der Waals surface area contributed by atoms with Crippen LogP contribution in [0, 0.1) is 0 Å². The molecule has 0 aliphatic carbocycles. The van der Waals surface area contributed by atoms with Crippen molar-refractivity contribution < 1.29 is 62.2 Å². The largest absolute Gasteiger partial charge is 0.463 e. The first kappa shape index (κ1) is 22.4. The van der Waals surface area contributed by atoms with Gasteiger partial charge in [0.15, 0.2) is 5.83 Å². The second kappa shape index (κ2) is 6.35. The van der Waals surface area contributed by atoms with E-state index < -0.39 is 54.3 Å².